The summed E-state index contributed by atoms with van der Waals surface area (Å²) in [5.41, 5.74) is -0.766. The summed E-state index contributed by atoms with van der Waals surface area (Å²) in [7, 11) is 0. The lowest BCUT2D eigenvalue weighted by atomic mass is 10.2. The zero-order valence-electron chi connectivity index (χ0n) is 8.98. The summed E-state index contributed by atoms with van der Waals surface area (Å²) in [4.78, 5) is 10.4. The van der Waals surface area contributed by atoms with Crippen molar-refractivity contribution in [2.45, 2.75) is 19.0 Å². The molecule has 0 bridgehead atoms. The molecule has 0 aliphatic heterocycles. The van der Waals surface area contributed by atoms with Gasteiger partial charge in [0.15, 0.2) is 5.65 Å². The van der Waals surface area contributed by atoms with Crippen LogP contribution in [-0.4, -0.2) is 25.7 Å². The lowest BCUT2D eigenvalue weighted by Gasteiger charge is -2.06. The number of pyridine rings is 1. The first-order valence-corrected chi connectivity index (χ1v) is 5.00. The maximum absolute atomic E-state index is 12.4. The van der Waals surface area contributed by atoms with Gasteiger partial charge in [0.2, 0.25) is 0 Å². The molecular formula is C10H8F3N3O2. The van der Waals surface area contributed by atoms with E-state index in [1.807, 2.05) is 0 Å². The summed E-state index contributed by atoms with van der Waals surface area (Å²) >= 11 is 0. The molecule has 8 heteroatoms. The normalized spacial score (nSPS) is 11.9. The topological polar surface area (TPSA) is 67.5 Å². The van der Waals surface area contributed by atoms with Crippen LogP contribution in [0.15, 0.2) is 18.3 Å². The first kappa shape index (κ1) is 12.3. The van der Waals surface area contributed by atoms with Crippen LogP contribution in [-0.2, 0) is 17.4 Å². The van der Waals surface area contributed by atoms with Gasteiger partial charge in [-0.1, -0.05) is 0 Å². The van der Waals surface area contributed by atoms with Gasteiger partial charge in [-0.15, -0.1) is 10.2 Å². The Kier molecular flexibility index (Phi) is 2.93. The van der Waals surface area contributed by atoms with Crippen LogP contribution in [0.3, 0.4) is 0 Å². The van der Waals surface area contributed by atoms with Crippen LogP contribution >= 0.6 is 0 Å². The van der Waals surface area contributed by atoms with Crippen molar-refractivity contribution in [3.63, 3.8) is 0 Å². The number of hydrogen-bond acceptors (Lipinski definition) is 3. The van der Waals surface area contributed by atoms with E-state index in [1.165, 1.54) is 10.6 Å². The summed E-state index contributed by atoms with van der Waals surface area (Å²) in [6, 6.07) is 1.78. The average Bonchev–Trinajstić information content (AvgIpc) is 2.67. The highest BCUT2D eigenvalue weighted by atomic mass is 19.4. The van der Waals surface area contributed by atoms with Gasteiger partial charge in [-0.05, 0) is 12.1 Å². The SMILES string of the molecule is O=C(O)CCc1nnc2cc(C(F)(F)F)ccn12. The summed E-state index contributed by atoms with van der Waals surface area (Å²) in [6.45, 7) is 0. The molecule has 0 aromatic carbocycles. The summed E-state index contributed by atoms with van der Waals surface area (Å²) in [5, 5.41) is 15.8. The molecule has 96 valence electrons. The molecule has 0 spiro atoms. The maximum atomic E-state index is 12.4. The van der Waals surface area contributed by atoms with E-state index in [0.717, 1.165) is 12.1 Å². The second-order valence-electron chi connectivity index (χ2n) is 3.65. The molecule has 0 saturated heterocycles. The van der Waals surface area contributed by atoms with Gasteiger partial charge in [0.05, 0.1) is 12.0 Å². The minimum absolute atomic E-state index is 0.0465. The van der Waals surface area contributed by atoms with Crippen molar-refractivity contribution < 1.29 is 23.1 Å². The predicted octanol–water partition coefficient (Wildman–Crippen LogP) is 1.77. The molecule has 18 heavy (non-hydrogen) atoms. The second-order valence-corrected chi connectivity index (χ2v) is 3.65. The predicted molar refractivity (Wildman–Crippen MR) is 53.9 cm³/mol. The van der Waals surface area contributed by atoms with Crippen molar-refractivity contribution in [1.29, 1.82) is 0 Å². The van der Waals surface area contributed by atoms with Gasteiger partial charge in [0.1, 0.15) is 5.82 Å². The van der Waals surface area contributed by atoms with Crippen molar-refractivity contribution >= 4 is 11.6 Å². The lowest BCUT2D eigenvalue weighted by molar-refractivity contribution is -0.138. The van der Waals surface area contributed by atoms with Crippen molar-refractivity contribution in [2.75, 3.05) is 0 Å². The van der Waals surface area contributed by atoms with Crippen LogP contribution in [0.4, 0.5) is 13.2 Å². The molecule has 0 fully saturated rings. The molecule has 5 nitrogen and oxygen atoms in total. The van der Waals surface area contributed by atoms with Crippen LogP contribution < -0.4 is 0 Å². The van der Waals surface area contributed by atoms with Crippen LogP contribution in [0.2, 0.25) is 0 Å². The molecular weight excluding hydrogens is 251 g/mol. The van der Waals surface area contributed by atoms with E-state index in [0.29, 0.717) is 5.82 Å². The number of halogens is 3. The summed E-state index contributed by atoms with van der Waals surface area (Å²) < 4.78 is 38.7. The molecule has 2 aromatic rings. The summed E-state index contributed by atoms with van der Waals surface area (Å²) in [6.07, 6.45) is -3.28. The second kappa shape index (κ2) is 4.28. The van der Waals surface area contributed by atoms with Crippen molar-refractivity contribution in [3.05, 3.63) is 29.7 Å². The average molecular weight is 259 g/mol. The Morgan fingerprint density at radius 1 is 1.39 bits per heavy atom. The Morgan fingerprint density at radius 2 is 2.11 bits per heavy atom. The molecule has 0 aliphatic carbocycles. The number of hydrogen-bond donors (Lipinski definition) is 1. The van der Waals surface area contributed by atoms with E-state index in [1.54, 1.807) is 0 Å². The largest absolute Gasteiger partial charge is 0.481 e. The number of aliphatic carboxylic acids is 1. The third kappa shape index (κ3) is 2.41. The number of carboxylic acid groups (broad SMARTS) is 1. The Bertz CT molecular complexity index is 592. The minimum Gasteiger partial charge on any atom is -0.481 e. The molecule has 0 unspecified atom stereocenters. The Labute approximate surface area is 98.9 Å². The number of alkyl halides is 3. The maximum Gasteiger partial charge on any atom is 0.416 e. The van der Waals surface area contributed by atoms with Crippen LogP contribution in [0.1, 0.15) is 17.8 Å². The van der Waals surface area contributed by atoms with Gasteiger partial charge < -0.3 is 5.11 Å². The highest BCUT2D eigenvalue weighted by Gasteiger charge is 2.31. The Balaban J connectivity index is 2.35. The number of aryl methyl sites for hydroxylation is 1. The number of nitrogens with zero attached hydrogens (tertiary/aromatic N) is 3. The van der Waals surface area contributed by atoms with E-state index in [-0.39, 0.29) is 18.5 Å². The van der Waals surface area contributed by atoms with Crippen LogP contribution in [0.5, 0.6) is 0 Å². The lowest BCUT2D eigenvalue weighted by Crippen LogP contribution is -2.06. The fourth-order valence-electron chi connectivity index (χ4n) is 1.51. The van der Waals surface area contributed by atoms with E-state index in [9.17, 15) is 18.0 Å². The molecule has 2 rings (SSSR count). The van der Waals surface area contributed by atoms with Gasteiger partial charge in [-0.25, -0.2) is 0 Å². The van der Waals surface area contributed by atoms with Gasteiger partial charge in [0.25, 0.3) is 0 Å². The van der Waals surface area contributed by atoms with E-state index in [4.69, 9.17) is 5.11 Å². The quantitative estimate of drug-likeness (QED) is 0.912. The van der Waals surface area contributed by atoms with E-state index < -0.39 is 17.7 Å². The van der Waals surface area contributed by atoms with E-state index >= 15 is 0 Å². The highest BCUT2D eigenvalue weighted by Crippen LogP contribution is 2.29. The molecule has 2 heterocycles. The molecule has 0 radical (unpaired) electrons. The smallest absolute Gasteiger partial charge is 0.416 e. The van der Waals surface area contributed by atoms with Gasteiger partial charge >= 0.3 is 12.1 Å². The van der Waals surface area contributed by atoms with Gasteiger partial charge in [0, 0.05) is 12.6 Å². The van der Waals surface area contributed by atoms with Crippen LogP contribution in [0, 0.1) is 0 Å². The number of rotatable bonds is 3. The number of aromatic nitrogens is 3. The van der Waals surface area contributed by atoms with Gasteiger partial charge in [-0.3, -0.25) is 9.20 Å². The third-order valence-corrected chi connectivity index (χ3v) is 2.37. The van der Waals surface area contributed by atoms with E-state index in [2.05, 4.69) is 10.2 Å². The van der Waals surface area contributed by atoms with Crippen molar-refractivity contribution in [1.82, 2.24) is 14.6 Å². The Hall–Kier alpha value is -2.12. The highest BCUT2D eigenvalue weighted by molar-refractivity contribution is 5.66. The standard InChI is InChI=1S/C10H8F3N3O2/c11-10(12,13)6-3-4-16-7(1-2-9(17)18)14-15-8(16)5-6/h3-5H,1-2H2,(H,17,18). The van der Waals surface area contributed by atoms with Gasteiger partial charge in [-0.2, -0.15) is 13.2 Å². The zero-order valence-corrected chi connectivity index (χ0v) is 8.98. The fourth-order valence-corrected chi connectivity index (χ4v) is 1.51. The first-order valence-electron chi connectivity index (χ1n) is 5.00. The van der Waals surface area contributed by atoms with Crippen LogP contribution in [0.25, 0.3) is 5.65 Å². The molecule has 0 saturated carbocycles. The number of carbonyl (C=O) groups is 1. The fraction of sp³-hybridized carbons (Fsp3) is 0.300. The minimum atomic E-state index is -4.44. The monoisotopic (exact) mass is 259 g/mol. The third-order valence-electron chi connectivity index (χ3n) is 2.37. The summed E-state index contributed by atoms with van der Waals surface area (Å²) in [5.74, 6) is -0.681. The molecule has 0 atom stereocenters. The van der Waals surface area contributed by atoms with Crippen molar-refractivity contribution in [2.24, 2.45) is 0 Å². The molecule has 0 aliphatic rings. The molecule has 0 amide bonds. The Morgan fingerprint density at radius 3 is 2.72 bits per heavy atom. The number of carboxylic acids is 1. The zero-order chi connectivity index (χ0) is 13.3. The van der Waals surface area contributed by atoms with Crippen molar-refractivity contribution in [3.8, 4) is 0 Å². The number of fused-ring (bicyclic) bond motifs is 1. The first-order chi connectivity index (χ1) is 8.38. The molecule has 2 aromatic heterocycles. The molecule has 1 N–H and O–H groups in total.